The summed E-state index contributed by atoms with van der Waals surface area (Å²) in [6.45, 7) is 2.12. The first-order chi connectivity index (χ1) is 10.3. The van der Waals surface area contributed by atoms with Crippen molar-refractivity contribution in [3.05, 3.63) is 71.7 Å². The van der Waals surface area contributed by atoms with Gasteiger partial charge in [0.05, 0.1) is 11.6 Å². The molecule has 0 bridgehead atoms. The topological polar surface area (TPSA) is 63.8 Å². The Bertz CT molecular complexity index is 749. The van der Waals surface area contributed by atoms with Gasteiger partial charge in [0.2, 0.25) is 0 Å². The van der Waals surface area contributed by atoms with Crippen molar-refractivity contribution in [3.8, 4) is 0 Å². The highest BCUT2D eigenvalue weighted by atomic mass is 15.2. The molecule has 1 unspecified atom stereocenters. The third kappa shape index (κ3) is 2.51. The minimum absolute atomic E-state index is 0.0733. The summed E-state index contributed by atoms with van der Waals surface area (Å²) in [6, 6.07) is 12.1. The predicted molar refractivity (Wildman–Crippen MR) is 84.5 cm³/mol. The number of aromatic nitrogens is 2. The zero-order valence-electron chi connectivity index (χ0n) is 12.0. The van der Waals surface area contributed by atoms with Gasteiger partial charge in [-0.1, -0.05) is 25.1 Å². The first-order valence-electron chi connectivity index (χ1n) is 7.07. The number of fused-ring (bicyclic) bond motifs is 1. The molecule has 0 radical (unpaired) electrons. The Morgan fingerprint density at radius 3 is 2.81 bits per heavy atom. The Balaban J connectivity index is 2.19. The predicted octanol–water partition coefficient (Wildman–Crippen LogP) is 2.74. The van der Waals surface area contributed by atoms with Gasteiger partial charge in [-0.05, 0) is 41.3 Å². The van der Waals surface area contributed by atoms with Crippen molar-refractivity contribution < 1.29 is 0 Å². The van der Waals surface area contributed by atoms with Crippen LogP contribution in [0, 0.1) is 0 Å². The monoisotopic (exact) mass is 278 g/mol. The van der Waals surface area contributed by atoms with Crippen molar-refractivity contribution >= 4 is 10.9 Å². The molecular formula is C17H18N4. The second-order valence-corrected chi connectivity index (χ2v) is 4.95. The molecule has 3 N–H and O–H groups in total. The summed E-state index contributed by atoms with van der Waals surface area (Å²) >= 11 is 0. The van der Waals surface area contributed by atoms with Crippen LogP contribution in [0.4, 0.5) is 0 Å². The van der Waals surface area contributed by atoms with E-state index in [9.17, 15) is 0 Å². The van der Waals surface area contributed by atoms with E-state index in [0.717, 1.165) is 28.5 Å². The molecule has 0 saturated carbocycles. The van der Waals surface area contributed by atoms with Crippen molar-refractivity contribution in [2.75, 3.05) is 0 Å². The highest BCUT2D eigenvalue weighted by Gasteiger charge is 2.17. The van der Waals surface area contributed by atoms with Gasteiger partial charge in [0.15, 0.2) is 0 Å². The van der Waals surface area contributed by atoms with Crippen LogP contribution < -0.4 is 11.3 Å². The Morgan fingerprint density at radius 2 is 2.00 bits per heavy atom. The van der Waals surface area contributed by atoms with E-state index < -0.39 is 0 Å². The third-order valence-corrected chi connectivity index (χ3v) is 3.79. The average Bonchev–Trinajstić information content (AvgIpc) is 2.56. The number of aryl methyl sites for hydroxylation is 1. The van der Waals surface area contributed by atoms with Crippen LogP contribution in [-0.2, 0) is 6.42 Å². The average molecular weight is 278 g/mol. The second-order valence-electron chi connectivity index (χ2n) is 4.95. The lowest BCUT2D eigenvalue weighted by Crippen LogP contribution is -2.29. The van der Waals surface area contributed by atoms with E-state index in [-0.39, 0.29) is 6.04 Å². The van der Waals surface area contributed by atoms with Crippen LogP contribution >= 0.6 is 0 Å². The molecule has 0 aliphatic rings. The first kappa shape index (κ1) is 13.7. The zero-order chi connectivity index (χ0) is 14.7. The fourth-order valence-corrected chi connectivity index (χ4v) is 2.74. The van der Waals surface area contributed by atoms with Crippen LogP contribution in [0.25, 0.3) is 10.9 Å². The Kier molecular flexibility index (Phi) is 3.90. The van der Waals surface area contributed by atoms with Crippen LogP contribution in [0.15, 0.2) is 55.0 Å². The summed E-state index contributed by atoms with van der Waals surface area (Å²) in [5.41, 5.74) is 7.40. The largest absolute Gasteiger partial charge is 0.271 e. The third-order valence-electron chi connectivity index (χ3n) is 3.79. The molecule has 4 nitrogen and oxygen atoms in total. The summed E-state index contributed by atoms with van der Waals surface area (Å²) in [7, 11) is 0. The van der Waals surface area contributed by atoms with Crippen molar-refractivity contribution in [2.45, 2.75) is 19.4 Å². The SMILES string of the molecule is CCc1cnccc1C(NN)c1cccc2ncccc12. The van der Waals surface area contributed by atoms with Gasteiger partial charge < -0.3 is 0 Å². The number of pyridine rings is 2. The van der Waals surface area contributed by atoms with Gasteiger partial charge in [-0.25, -0.2) is 5.43 Å². The van der Waals surface area contributed by atoms with Gasteiger partial charge in [0.25, 0.3) is 0 Å². The molecule has 0 saturated heterocycles. The molecule has 0 aliphatic carbocycles. The lowest BCUT2D eigenvalue weighted by atomic mass is 9.93. The zero-order valence-corrected chi connectivity index (χ0v) is 12.0. The maximum absolute atomic E-state index is 5.86. The van der Waals surface area contributed by atoms with Gasteiger partial charge in [-0.15, -0.1) is 0 Å². The minimum Gasteiger partial charge on any atom is -0.271 e. The van der Waals surface area contributed by atoms with Gasteiger partial charge >= 0.3 is 0 Å². The van der Waals surface area contributed by atoms with E-state index in [1.165, 1.54) is 5.56 Å². The number of nitrogens with two attached hydrogens (primary N) is 1. The normalized spacial score (nSPS) is 12.5. The van der Waals surface area contributed by atoms with E-state index >= 15 is 0 Å². The maximum atomic E-state index is 5.86. The Hall–Kier alpha value is -2.30. The molecule has 1 aromatic carbocycles. The van der Waals surface area contributed by atoms with Crippen LogP contribution in [0.2, 0.25) is 0 Å². The van der Waals surface area contributed by atoms with E-state index in [1.807, 2.05) is 36.7 Å². The van der Waals surface area contributed by atoms with Crippen molar-refractivity contribution in [1.29, 1.82) is 0 Å². The molecule has 106 valence electrons. The summed E-state index contributed by atoms with van der Waals surface area (Å²) in [6.07, 6.45) is 6.44. The fraction of sp³-hybridized carbons (Fsp3) is 0.176. The molecule has 2 heterocycles. The number of nitrogens with one attached hydrogen (secondary N) is 1. The van der Waals surface area contributed by atoms with Crippen LogP contribution in [-0.4, -0.2) is 9.97 Å². The second kappa shape index (κ2) is 5.99. The molecule has 0 aliphatic heterocycles. The highest BCUT2D eigenvalue weighted by molar-refractivity contribution is 5.83. The number of nitrogens with zero attached hydrogens (tertiary/aromatic N) is 2. The minimum atomic E-state index is -0.0733. The first-order valence-corrected chi connectivity index (χ1v) is 7.07. The molecule has 0 amide bonds. The fourth-order valence-electron chi connectivity index (χ4n) is 2.74. The van der Waals surface area contributed by atoms with Crippen LogP contribution in [0.1, 0.15) is 29.7 Å². The Morgan fingerprint density at radius 1 is 1.10 bits per heavy atom. The number of hydrogen-bond donors (Lipinski definition) is 2. The van der Waals surface area contributed by atoms with E-state index in [0.29, 0.717) is 0 Å². The van der Waals surface area contributed by atoms with Crippen molar-refractivity contribution in [1.82, 2.24) is 15.4 Å². The molecule has 3 aromatic rings. The summed E-state index contributed by atoms with van der Waals surface area (Å²) in [5.74, 6) is 5.86. The van der Waals surface area contributed by atoms with Crippen molar-refractivity contribution in [3.63, 3.8) is 0 Å². The molecule has 4 heteroatoms. The number of hydrazine groups is 1. The number of benzene rings is 1. The van der Waals surface area contributed by atoms with E-state index in [1.54, 1.807) is 6.20 Å². The summed E-state index contributed by atoms with van der Waals surface area (Å²) in [4.78, 5) is 8.62. The van der Waals surface area contributed by atoms with Gasteiger partial charge in [-0.3, -0.25) is 15.8 Å². The molecule has 3 rings (SSSR count). The van der Waals surface area contributed by atoms with Gasteiger partial charge in [-0.2, -0.15) is 0 Å². The molecule has 1 atom stereocenters. The van der Waals surface area contributed by atoms with E-state index in [2.05, 4.69) is 34.5 Å². The Labute approximate surface area is 124 Å². The smallest absolute Gasteiger partial charge is 0.0720 e. The molecule has 2 aromatic heterocycles. The maximum Gasteiger partial charge on any atom is 0.0720 e. The molecule has 0 fully saturated rings. The number of rotatable bonds is 4. The van der Waals surface area contributed by atoms with Gasteiger partial charge in [0.1, 0.15) is 0 Å². The standard InChI is InChI=1S/C17H18N4/c1-2-12-11-19-10-8-13(12)17(21-18)15-5-3-7-16-14(15)6-4-9-20-16/h3-11,17,21H,2,18H2,1H3. The summed E-state index contributed by atoms with van der Waals surface area (Å²) in [5, 5.41) is 1.11. The lowest BCUT2D eigenvalue weighted by Gasteiger charge is -2.21. The molecule has 0 spiro atoms. The number of hydrogen-bond acceptors (Lipinski definition) is 4. The van der Waals surface area contributed by atoms with E-state index in [4.69, 9.17) is 5.84 Å². The van der Waals surface area contributed by atoms with Crippen LogP contribution in [0.3, 0.4) is 0 Å². The van der Waals surface area contributed by atoms with Crippen LogP contribution in [0.5, 0.6) is 0 Å². The van der Waals surface area contributed by atoms with Gasteiger partial charge in [0, 0.05) is 24.0 Å². The molecule has 21 heavy (non-hydrogen) atoms. The summed E-state index contributed by atoms with van der Waals surface area (Å²) < 4.78 is 0. The quantitative estimate of drug-likeness (QED) is 0.569. The van der Waals surface area contributed by atoms with Crippen molar-refractivity contribution in [2.24, 2.45) is 5.84 Å². The lowest BCUT2D eigenvalue weighted by molar-refractivity contribution is 0.634. The molecular weight excluding hydrogens is 260 g/mol. The highest BCUT2D eigenvalue weighted by Crippen LogP contribution is 2.29.